The smallest absolute Gasteiger partial charge is 0.158 e. The summed E-state index contributed by atoms with van der Waals surface area (Å²) in [7, 11) is 0. The molecule has 0 aromatic carbocycles. The molecular formula is C6H9FO. The molecule has 0 saturated heterocycles. The van der Waals surface area contributed by atoms with Crippen LogP contribution in [0.1, 0.15) is 20.8 Å². The van der Waals surface area contributed by atoms with Gasteiger partial charge in [-0.15, -0.1) is 0 Å². The van der Waals surface area contributed by atoms with Crippen molar-refractivity contribution < 1.29 is 9.18 Å². The van der Waals surface area contributed by atoms with Gasteiger partial charge in [0.2, 0.25) is 0 Å². The fourth-order valence-corrected chi connectivity index (χ4v) is 0.243. The normalized spacial score (nSPS) is 13.0. The van der Waals surface area contributed by atoms with E-state index >= 15 is 0 Å². The van der Waals surface area contributed by atoms with E-state index in [1.54, 1.807) is 0 Å². The fraction of sp³-hybridized carbons (Fsp3) is 0.500. The summed E-state index contributed by atoms with van der Waals surface area (Å²) in [6.45, 7) is 4.09. The van der Waals surface area contributed by atoms with E-state index < -0.39 is 5.83 Å². The van der Waals surface area contributed by atoms with Gasteiger partial charge in [0.1, 0.15) is 5.83 Å². The molecular weight excluding hydrogens is 107 g/mol. The van der Waals surface area contributed by atoms with Crippen molar-refractivity contribution in [1.82, 2.24) is 0 Å². The van der Waals surface area contributed by atoms with E-state index in [1.807, 2.05) is 0 Å². The lowest BCUT2D eigenvalue weighted by molar-refractivity contribution is -0.113. The quantitative estimate of drug-likeness (QED) is 0.478. The third-order valence-electron chi connectivity index (χ3n) is 1.04. The summed E-state index contributed by atoms with van der Waals surface area (Å²) in [6.07, 6.45) is 0. The zero-order chi connectivity index (χ0) is 6.73. The highest BCUT2D eigenvalue weighted by atomic mass is 19.1. The van der Waals surface area contributed by atoms with Crippen molar-refractivity contribution >= 4 is 5.78 Å². The average Bonchev–Trinajstić information content (AvgIpc) is 1.64. The highest BCUT2D eigenvalue weighted by molar-refractivity contribution is 5.92. The third kappa shape index (κ3) is 1.87. The van der Waals surface area contributed by atoms with E-state index in [4.69, 9.17) is 0 Å². The minimum atomic E-state index is -0.391. The lowest BCUT2D eigenvalue weighted by Crippen LogP contribution is -1.91. The van der Waals surface area contributed by atoms with Gasteiger partial charge in [-0.1, -0.05) is 0 Å². The number of carbonyl (C=O) groups excluding carboxylic acids is 1. The molecule has 0 aliphatic heterocycles. The molecule has 0 amide bonds. The number of Topliss-reactive ketones (excluding diaryl/α,β-unsaturated/α-hetero) is 1. The van der Waals surface area contributed by atoms with Crippen LogP contribution in [0.25, 0.3) is 0 Å². The Bertz CT molecular complexity index is 131. The van der Waals surface area contributed by atoms with Gasteiger partial charge in [-0.25, -0.2) is 4.39 Å². The van der Waals surface area contributed by atoms with Crippen molar-refractivity contribution in [2.24, 2.45) is 0 Å². The number of allylic oxidation sites excluding steroid dienone is 2. The highest BCUT2D eigenvalue weighted by Crippen LogP contribution is 2.03. The number of halogens is 1. The molecule has 8 heavy (non-hydrogen) atoms. The summed E-state index contributed by atoms with van der Waals surface area (Å²) in [5, 5.41) is 0. The van der Waals surface area contributed by atoms with Gasteiger partial charge >= 0.3 is 0 Å². The van der Waals surface area contributed by atoms with Crippen LogP contribution >= 0.6 is 0 Å². The first kappa shape index (κ1) is 7.34. The second kappa shape index (κ2) is 2.60. The second-order valence-electron chi connectivity index (χ2n) is 1.71. The number of hydrogen-bond donors (Lipinski definition) is 0. The largest absolute Gasteiger partial charge is 0.295 e. The molecule has 0 unspecified atom stereocenters. The van der Waals surface area contributed by atoms with Crippen LogP contribution in [0.15, 0.2) is 11.4 Å². The molecule has 46 valence electrons. The molecule has 0 heterocycles. The van der Waals surface area contributed by atoms with Crippen LogP contribution in [-0.4, -0.2) is 5.78 Å². The van der Waals surface area contributed by atoms with Gasteiger partial charge in [-0.2, -0.15) is 0 Å². The Morgan fingerprint density at radius 1 is 1.25 bits per heavy atom. The molecule has 0 fully saturated rings. The van der Waals surface area contributed by atoms with Gasteiger partial charge in [0, 0.05) is 5.57 Å². The number of carbonyl (C=O) groups is 1. The number of hydrogen-bond acceptors (Lipinski definition) is 1. The predicted octanol–water partition coefficient (Wildman–Crippen LogP) is 1.84. The molecule has 1 nitrogen and oxygen atoms in total. The van der Waals surface area contributed by atoms with Crippen LogP contribution in [0, 0.1) is 0 Å². The summed E-state index contributed by atoms with van der Waals surface area (Å²) in [4.78, 5) is 10.3. The van der Waals surface area contributed by atoms with Gasteiger partial charge < -0.3 is 0 Å². The Labute approximate surface area is 48.2 Å². The topological polar surface area (TPSA) is 17.1 Å². The minimum absolute atomic E-state index is 0.204. The van der Waals surface area contributed by atoms with E-state index in [-0.39, 0.29) is 11.4 Å². The second-order valence-corrected chi connectivity index (χ2v) is 1.71. The highest BCUT2D eigenvalue weighted by Gasteiger charge is 1.98. The molecule has 0 spiro atoms. The van der Waals surface area contributed by atoms with Crippen molar-refractivity contribution in [2.45, 2.75) is 20.8 Å². The summed E-state index contributed by atoms with van der Waals surface area (Å²) in [6, 6.07) is 0. The summed E-state index contributed by atoms with van der Waals surface area (Å²) < 4.78 is 12.0. The Balaban J connectivity index is 4.23. The molecule has 0 atom stereocenters. The van der Waals surface area contributed by atoms with E-state index in [0.29, 0.717) is 0 Å². The van der Waals surface area contributed by atoms with Crippen LogP contribution in [0.3, 0.4) is 0 Å². The summed E-state index contributed by atoms with van der Waals surface area (Å²) >= 11 is 0. The first-order valence-electron chi connectivity index (χ1n) is 2.39. The molecule has 0 rings (SSSR count). The van der Waals surface area contributed by atoms with Crippen LogP contribution in [0.5, 0.6) is 0 Å². The Morgan fingerprint density at radius 3 is 1.62 bits per heavy atom. The van der Waals surface area contributed by atoms with Crippen molar-refractivity contribution in [3.05, 3.63) is 11.4 Å². The lowest BCUT2D eigenvalue weighted by atomic mass is 10.2. The maximum absolute atomic E-state index is 12.0. The molecule has 0 aromatic heterocycles. The van der Waals surface area contributed by atoms with Crippen molar-refractivity contribution in [3.8, 4) is 0 Å². The fourth-order valence-electron chi connectivity index (χ4n) is 0.243. The monoisotopic (exact) mass is 116 g/mol. The Kier molecular flexibility index (Phi) is 2.38. The van der Waals surface area contributed by atoms with Gasteiger partial charge in [-0.05, 0) is 20.8 Å². The molecule has 0 bridgehead atoms. The van der Waals surface area contributed by atoms with E-state index in [1.165, 1.54) is 20.8 Å². The molecule has 0 saturated carbocycles. The maximum Gasteiger partial charge on any atom is 0.158 e. The summed E-state index contributed by atoms with van der Waals surface area (Å²) in [5.74, 6) is -0.595. The molecule has 2 heteroatoms. The van der Waals surface area contributed by atoms with E-state index in [9.17, 15) is 9.18 Å². The molecule has 0 aliphatic rings. The van der Waals surface area contributed by atoms with Gasteiger partial charge in [0.05, 0.1) is 0 Å². The van der Waals surface area contributed by atoms with Crippen LogP contribution in [-0.2, 0) is 4.79 Å². The van der Waals surface area contributed by atoms with Gasteiger partial charge in [0.15, 0.2) is 5.78 Å². The first-order chi connectivity index (χ1) is 3.55. The number of rotatable bonds is 1. The standard InChI is InChI=1S/C6H9FO/c1-4(5(2)7)6(3)8/h1-3H3/b5-4+. The third-order valence-corrected chi connectivity index (χ3v) is 1.04. The van der Waals surface area contributed by atoms with Crippen LogP contribution in [0.2, 0.25) is 0 Å². The zero-order valence-corrected chi connectivity index (χ0v) is 5.29. The van der Waals surface area contributed by atoms with Crippen molar-refractivity contribution in [3.63, 3.8) is 0 Å². The molecule has 0 aliphatic carbocycles. The predicted molar refractivity (Wildman–Crippen MR) is 30.2 cm³/mol. The maximum atomic E-state index is 12.0. The first-order valence-corrected chi connectivity index (χ1v) is 2.39. The zero-order valence-electron chi connectivity index (χ0n) is 5.29. The van der Waals surface area contributed by atoms with E-state index in [2.05, 4.69) is 0 Å². The van der Waals surface area contributed by atoms with Gasteiger partial charge in [0.25, 0.3) is 0 Å². The Hall–Kier alpha value is -0.660. The van der Waals surface area contributed by atoms with Crippen molar-refractivity contribution in [2.75, 3.05) is 0 Å². The Morgan fingerprint density at radius 2 is 1.62 bits per heavy atom. The van der Waals surface area contributed by atoms with Crippen LogP contribution < -0.4 is 0 Å². The van der Waals surface area contributed by atoms with Crippen LogP contribution in [0.4, 0.5) is 4.39 Å². The van der Waals surface area contributed by atoms with E-state index in [0.717, 1.165) is 0 Å². The molecule has 0 N–H and O–H groups in total. The minimum Gasteiger partial charge on any atom is -0.295 e. The average molecular weight is 116 g/mol. The van der Waals surface area contributed by atoms with Crippen molar-refractivity contribution in [1.29, 1.82) is 0 Å². The molecule has 0 aromatic rings. The summed E-state index contributed by atoms with van der Waals surface area (Å²) in [5.41, 5.74) is 0.213. The SMILES string of the molecule is CC(=O)/C(C)=C(\C)F. The number of ketones is 1. The van der Waals surface area contributed by atoms with Gasteiger partial charge in [-0.3, -0.25) is 4.79 Å². The lowest BCUT2D eigenvalue weighted by Gasteiger charge is -1.90. The molecule has 0 radical (unpaired) electrons.